The predicted octanol–water partition coefficient (Wildman–Crippen LogP) is 5.04. The van der Waals surface area contributed by atoms with Gasteiger partial charge in [-0.15, -0.1) is 0 Å². The molecular formula is C24H21FN2O2S. The molecule has 1 aliphatic rings. The maximum Gasteiger partial charge on any atom is 0.173 e. The number of carbonyl (C=O) groups excluding carboxylic acids is 2. The summed E-state index contributed by atoms with van der Waals surface area (Å²) in [5, 5.41) is 13.6. The molecule has 0 saturated carbocycles. The van der Waals surface area contributed by atoms with Crippen molar-refractivity contribution in [1.82, 2.24) is 5.32 Å². The normalized spacial score (nSPS) is 16.2. The second-order valence-corrected chi connectivity index (χ2v) is 8.12. The van der Waals surface area contributed by atoms with Gasteiger partial charge in [0.15, 0.2) is 11.6 Å². The number of nitrogens with one attached hydrogen (secondary N) is 1. The second-order valence-electron chi connectivity index (χ2n) is 7.14. The fourth-order valence-electron chi connectivity index (χ4n) is 3.44. The number of dihydropyridines is 1. The lowest BCUT2D eigenvalue weighted by atomic mass is 9.81. The molecule has 152 valence electrons. The van der Waals surface area contributed by atoms with Crippen molar-refractivity contribution in [3.05, 3.63) is 92.9 Å². The zero-order valence-corrected chi connectivity index (χ0v) is 17.8. The number of nitriles is 1. The van der Waals surface area contributed by atoms with Crippen molar-refractivity contribution >= 4 is 23.3 Å². The number of aryl methyl sites for hydroxylation is 1. The molecule has 0 radical (unpaired) electrons. The fourth-order valence-corrected chi connectivity index (χ4v) is 4.43. The van der Waals surface area contributed by atoms with Crippen LogP contribution in [-0.2, 0) is 4.79 Å². The third kappa shape index (κ3) is 4.52. The first-order valence-corrected chi connectivity index (χ1v) is 10.4. The molecule has 0 unspecified atom stereocenters. The Labute approximate surface area is 179 Å². The van der Waals surface area contributed by atoms with E-state index in [-0.39, 0.29) is 17.3 Å². The van der Waals surface area contributed by atoms with Gasteiger partial charge < -0.3 is 5.32 Å². The van der Waals surface area contributed by atoms with Crippen LogP contribution in [0, 0.1) is 24.1 Å². The van der Waals surface area contributed by atoms with E-state index in [0.29, 0.717) is 33.0 Å². The molecule has 0 spiro atoms. The molecule has 3 rings (SSSR count). The third-order valence-electron chi connectivity index (χ3n) is 4.95. The van der Waals surface area contributed by atoms with Gasteiger partial charge in [0.05, 0.1) is 28.3 Å². The number of benzene rings is 2. The van der Waals surface area contributed by atoms with Crippen LogP contribution in [0.15, 0.2) is 70.4 Å². The first kappa shape index (κ1) is 21.5. The Morgan fingerprint density at radius 3 is 2.30 bits per heavy atom. The van der Waals surface area contributed by atoms with Crippen LogP contribution >= 0.6 is 11.8 Å². The highest BCUT2D eigenvalue weighted by Gasteiger charge is 2.33. The predicted molar refractivity (Wildman–Crippen MR) is 116 cm³/mol. The lowest BCUT2D eigenvalue weighted by Crippen LogP contribution is -2.27. The summed E-state index contributed by atoms with van der Waals surface area (Å²) in [4.78, 5) is 24.9. The van der Waals surface area contributed by atoms with Crippen LogP contribution in [-0.4, -0.2) is 17.3 Å². The first-order valence-electron chi connectivity index (χ1n) is 9.43. The van der Waals surface area contributed by atoms with Gasteiger partial charge in [0.1, 0.15) is 5.82 Å². The average molecular weight is 421 g/mol. The lowest BCUT2D eigenvalue weighted by Gasteiger charge is -2.29. The van der Waals surface area contributed by atoms with Gasteiger partial charge in [-0.25, -0.2) is 4.39 Å². The summed E-state index contributed by atoms with van der Waals surface area (Å²) in [6.45, 7) is 5.17. The van der Waals surface area contributed by atoms with Gasteiger partial charge in [0.25, 0.3) is 0 Å². The molecular weight excluding hydrogens is 399 g/mol. The van der Waals surface area contributed by atoms with E-state index >= 15 is 0 Å². The van der Waals surface area contributed by atoms with Gasteiger partial charge in [0, 0.05) is 16.8 Å². The number of hydrogen-bond acceptors (Lipinski definition) is 5. The second kappa shape index (κ2) is 9.10. The summed E-state index contributed by atoms with van der Waals surface area (Å²) in [5.74, 6) is -1.06. The topological polar surface area (TPSA) is 70.0 Å². The first-order chi connectivity index (χ1) is 14.3. The van der Waals surface area contributed by atoms with E-state index in [1.807, 2.05) is 19.1 Å². The van der Waals surface area contributed by atoms with Crippen LogP contribution in [0.5, 0.6) is 0 Å². The van der Waals surface area contributed by atoms with Crippen LogP contribution in [0.1, 0.15) is 41.3 Å². The molecule has 1 aliphatic heterocycles. The number of Topliss-reactive ketones (excluding diaryl/α,β-unsaturated/α-hetero) is 2. The monoisotopic (exact) mass is 420 g/mol. The highest BCUT2D eigenvalue weighted by Crippen LogP contribution is 2.40. The molecule has 1 heterocycles. The molecule has 1 N–H and O–H groups in total. The van der Waals surface area contributed by atoms with E-state index in [1.165, 1.54) is 30.8 Å². The Morgan fingerprint density at radius 1 is 1.10 bits per heavy atom. The number of halogens is 1. The van der Waals surface area contributed by atoms with Crippen LogP contribution < -0.4 is 5.32 Å². The van der Waals surface area contributed by atoms with Gasteiger partial charge in [-0.3, -0.25) is 9.59 Å². The maximum atomic E-state index is 13.4. The molecule has 0 fully saturated rings. The largest absolute Gasteiger partial charge is 0.353 e. The number of nitrogens with zero attached hydrogens (tertiary/aromatic N) is 1. The summed E-state index contributed by atoms with van der Waals surface area (Å²) < 4.78 is 13.4. The molecule has 1 atom stereocenters. The van der Waals surface area contributed by atoms with E-state index in [9.17, 15) is 19.2 Å². The molecule has 0 bridgehead atoms. The number of allylic oxidation sites excluding steroid dienone is 3. The van der Waals surface area contributed by atoms with Gasteiger partial charge >= 0.3 is 0 Å². The fraction of sp³-hybridized carbons (Fsp3) is 0.208. The standard InChI is InChI=1S/C24H21FN2O2S/c1-14-4-6-17(7-5-14)21(29)13-30-24-20(12-26)23(18-8-10-19(25)11-9-18)22(16(3)28)15(2)27-24/h4-11,23,27H,13H2,1-3H3/t23-/m1/s1. The average Bonchev–Trinajstić information content (AvgIpc) is 2.72. The lowest BCUT2D eigenvalue weighted by molar-refractivity contribution is -0.113. The molecule has 2 aromatic carbocycles. The van der Waals surface area contributed by atoms with Crippen LogP contribution in [0.2, 0.25) is 0 Å². The van der Waals surface area contributed by atoms with E-state index in [2.05, 4.69) is 11.4 Å². The quantitative estimate of drug-likeness (QED) is 0.664. The minimum Gasteiger partial charge on any atom is -0.353 e. The van der Waals surface area contributed by atoms with Gasteiger partial charge in [-0.1, -0.05) is 53.7 Å². The van der Waals surface area contributed by atoms with Crippen molar-refractivity contribution < 1.29 is 14.0 Å². The van der Waals surface area contributed by atoms with Crippen LogP contribution in [0.4, 0.5) is 4.39 Å². The third-order valence-corrected chi connectivity index (χ3v) is 5.97. The number of thioether (sulfide) groups is 1. The minimum atomic E-state index is -0.605. The van der Waals surface area contributed by atoms with E-state index in [4.69, 9.17) is 0 Å². The molecule has 2 aromatic rings. The van der Waals surface area contributed by atoms with Crippen LogP contribution in [0.25, 0.3) is 0 Å². The van der Waals surface area contributed by atoms with E-state index < -0.39 is 11.7 Å². The number of ketones is 2. The summed E-state index contributed by atoms with van der Waals surface area (Å²) in [5.41, 5.74) is 3.77. The van der Waals surface area contributed by atoms with Crippen molar-refractivity contribution in [2.75, 3.05) is 5.75 Å². The van der Waals surface area contributed by atoms with Crippen molar-refractivity contribution in [1.29, 1.82) is 5.26 Å². The Morgan fingerprint density at radius 2 is 1.73 bits per heavy atom. The molecule has 0 amide bonds. The summed E-state index contributed by atoms with van der Waals surface area (Å²) in [7, 11) is 0. The summed E-state index contributed by atoms with van der Waals surface area (Å²) in [6, 6.07) is 15.3. The molecule has 0 aromatic heterocycles. The van der Waals surface area contributed by atoms with Gasteiger partial charge in [0.2, 0.25) is 0 Å². The highest BCUT2D eigenvalue weighted by molar-refractivity contribution is 8.03. The number of rotatable bonds is 6. The Bertz CT molecular complexity index is 1090. The van der Waals surface area contributed by atoms with Crippen molar-refractivity contribution in [2.24, 2.45) is 0 Å². The number of carbonyl (C=O) groups is 2. The molecule has 0 saturated heterocycles. The van der Waals surface area contributed by atoms with Crippen molar-refractivity contribution in [2.45, 2.75) is 26.7 Å². The molecule has 6 heteroatoms. The Balaban J connectivity index is 1.94. The Kier molecular flexibility index (Phi) is 6.53. The maximum absolute atomic E-state index is 13.4. The van der Waals surface area contributed by atoms with E-state index in [0.717, 1.165) is 5.56 Å². The zero-order valence-electron chi connectivity index (χ0n) is 17.0. The minimum absolute atomic E-state index is 0.0519. The smallest absolute Gasteiger partial charge is 0.173 e. The van der Waals surface area contributed by atoms with Crippen LogP contribution in [0.3, 0.4) is 0 Å². The molecule has 30 heavy (non-hydrogen) atoms. The SMILES string of the molecule is CC(=O)C1=C(C)NC(SCC(=O)c2ccc(C)cc2)=C(C#N)[C@H]1c1ccc(F)cc1. The van der Waals surface area contributed by atoms with Crippen molar-refractivity contribution in [3.63, 3.8) is 0 Å². The summed E-state index contributed by atoms with van der Waals surface area (Å²) >= 11 is 1.23. The molecule has 4 nitrogen and oxygen atoms in total. The highest BCUT2D eigenvalue weighted by atomic mass is 32.2. The summed E-state index contributed by atoms with van der Waals surface area (Å²) in [6.07, 6.45) is 0. The van der Waals surface area contributed by atoms with Gasteiger partial charge in [-0.05, 0) is 38.5 Å². The van der Waals surface area contributed by atoms with Gasteiger partial charge in [-0.2, -0.15) is 5.26 Å². The zero-order chi connectivity index (χ0) is 21.8. The van der Waals surface area contributed by atoms with E-state index in [1.54, 1.807) is 31.2 Å². The van der Waals surface area contributed by atoms with Crippen molar-refractivity contribution in [3.8, 4) is 6.07 Å². The Hall–Kier alpha value is -3.17. The molecule has 0 aliphatic carbocycles. The number of hydrogen-bond donors (Lipinski definition) is 1.